The summed E-state index contributed by atoms with van der Waals surface area (Å²) in [4.78, 5) is 16.2. The Labute approximate surface area is 125 Å². The molecule has 110 valence electrons. The van der Waals surface area contributed by atoms with E-state index >= 15 is 0 Å². The molecule has 5 heteroatoms. The molecule has 0 radical (unpaired) electrons. The third kappa shape index (κ3) is 4.78. The highest BCUT2D eigenvalue weighted by atomic mass is 35.5. The van der Waals surface area contributed by atoms with Crippen molar-refractivity contribution in [2.45, 2.75) is 13.0 Å². The summed E-state index contributed by atoms with van der Waals surface area (Å²) < 4.78 is 0. The molecule has 0 spiro atoms. The summed E-state index contributed by atoms with van der Waals surface area (Å²) in [6.07, 6.45) is 0.567. The SMILES string of the molecule is CN1CCN(C(=O)CCNCc2ccc(Cl)cc2)CC1. The van der Waals surface area contributed by atoms with Crippen LogP contribution in [0.5, 0.6) is 0 Å². The van der Waals surface area contributed by atoms with Crippen LogP contribution in [-0.2, 0) is 11.3 Å². The molecule has 20 heavy (non-hydrogen) atoms. The molecule has 1 saturated heterocycles. The molecule has 2 rings (SSSR count). The maximum absolute atomic E-state index is 12.0. The van der Waals surface area contributed by atoms with E-state index in [9.17, 15) is 4.79 Å². The molecule has 1 aromatic carbocycles. The molecular weight excluding hydrogens is 274 g/mol. The van der Waals surface area contributed by atoms with Gasteiger partial charge in [-0.25, -0.2) is 0 Å². The Morgan fingerprint density at radius 1 is 1.20 bits per heavy atom. The summed E-state index contributed by atoms with van der Waals surface area (Å²) in [5.74, 6) is 0.252. The highest BCUT2D eigenvalue weighted by Gasteiger charge is 2.18. The van der Waals surface area contributed by atoms with Crippen LogP contribution in [0.25, 0.3) is 0 Å². The number of amides is 1. The summed E-state index contributed by atoms with van der Waals surface area (Å²) >= 11 is 5.84. The first-order chi connectivity index (χ1) is 9.65. The van der Waals surface area contributed by atoms with Gasteiger partial charge in [0.1, 0.15) is 0 Å². The second-order valence-electron chi connectivity index (χ2n) is 5.24. The number of hydrogen-bond donors (Lipinski definition) is 1. The molecule has 0 saturated carbocycles. The highest BCUT2D eigenvalue weighted by molar-refractivity contribution is 6.30. The van der Waals surface area contributed by atoms with Crippen LogP contribution in [-0.4, -0.2) is 55.5 Å². The number of carbonyl (C=O) groups excluding carboxylic acids is 1. The van der Waals surface area contributed by atoms with E-state index in [1.54, 1.807) is 0 Å². The van der Waals surface area contributed by atoms with Crippen LogP contribution in [0.4, 0.5) is 0 Å². The zero-order valence-corrected chi connectivity index (χ0v) is 12.7. The number of piperazine rings is 1. The molecule has 1 aromatic rings. The zero-order valence-electron chi connectivity index (χ0n) is 11.9. The minimum atomic E-state index is 0.252. The molecule has 1 fully saturated rings. The largest absolute Gasteiger partial charge is 0.340 e. The van der Waals surface area contributed by atoms with E-state index in [0.717, 1.165) is 37.7 Å². The van der Waals surface area contributed by atoms with Crippen LogP contribution >= 0.6 is 11.6 Å². The van der Waals surface area contributed by atoms with Gasteiger partial charge in [-0.3, -0.25) is 4.79 Å². The maximum Gasteiger partial charge on any atom is 0.223 e. The normalized spacial score (nSPS) is 16.4. The van der Waals surface area contributed by atoms with Gasteiger partial charge < -0.3 is 15.1 Å². The Morgan fingerprint density at radius 2 is 1.85 bits per heavy atom. The van der Waals surface area contributed by atoms with Gasteiger partial charge in [0, 0.05) is 50.7 Å². The minimum absolute atomic E-state index is 0.252. The first-order valence-electron chi connectivity index (χ1n) is 7.06. The maximum atomic E-state index is 12.0. The molecular formula is C15H22ClN3O. The Hall–Kier alpha value is -1.10. The average Bonchev–Trinajstić information content (AvgIpc) is 2.46. The van der Waals surface area contributed by atoms with E-state index in [4.69, 9.17) is 11.6 Å². The fraction of sp³-hybridized carbons (Fsp3) is 0.533. The Bertz CT molecular complexity index is 427. The van der Waals surface area contributed by atoms with E-state index in [-0.39, 0.29) is 5.91 Å². The highest BCUT2D eigenvalue weighted by Crippen LogP contribution is 2.09. The summed E-state index contributed by atoms with van der Waals surface area (Å²) in [7, 11) is 2.09. The molecule has 0 aromatic heterocycles. The van der Waals surface area contributed by atoms with E-state index in [1.165, 1.54) is 5.56 Å². The van der Waals surface area contributed by atoms with Crippen molar-refractivity contribution in [2.24, 2.45) is 0 Å². The van der Waals surface area contributed by atoms with Gasteiger partial charge in [0.05, 0.1) is 0 Å². The molecule has 1 heterocycles. The average molecular weight is 296 g/mol. The van der Waals surface area contributed by atoms with Crippen LogP contribution in [0.15, 0.2) is 24.3 Å². The number of likely N-dealkylation sites (N-methyl/N-ethyl adjacent to an activating group) is 1. The molecule has 0 atom stereocenters. The number of benzene rings is 1. The Morgan fingerprint density at radius 3 is 2.50 bits per heavy atom. The van der Waals surface area contributed by atoms with Crippen molar-refractivity contribution in [3.63, 3.8) is 0 Å². The van der Waals surface area contributed by atoms with Crippen LogP contribution in [0, 0.1) is 0 Å². The first-order valence-corrected chi connectivity index (χ1v) is 7.44. The molecule has 1 amide bonds. The van der Waals surface area contributed by atoms with Crippen molar-refractivity contribution in [2.75, 3.05) is 39.8 Å². The zero-order chi connectivity index (χ0) is 14.4. The molecule has 4 nitrogen and oxygen atoms in total. The fourth-order valence-electron chi connectivity index (χ4n) is 2.24. The van der Waals surface area contributed by atoms with Crippen molar-refractivity contribution < 1.29 is 4.79 Å². The minimum Gasteiger partial charge on any atom is -0.340 e. The number of nitrogens with one attached hydrogen (secondary N) is 1. The molecule has 0 unspecified atom stereocenters. The van der Waals surface area contributed by atoms with Gasteiger partial charge in [-0.15, -0.1) is 0 Å². The predicted molar refractivity (Wildman–Crippen MR) is 81.9 cm³/mol. The third-order valence-corrected chi connectivity index (χ3v) is 3.87. The monoisotopic (exact) mass is 295 g/mol. The lowest BCUT2D eigenvalue weighted by Gasteiger charge is -2.32. The quantitative estimate of drug-likeness (QED) is 0.838. The van der Waals surface area contributed by atoms with Crippen molar-refractivity contribution in [3.8, 4) is 0 Å². The molecule has 0 aliphatic carbocycles. The van der Waals surface area contributed by atoms with Crippen LogP contribution in [0.2, 0.25) is 5.02 Å². The number of rotatable bonds is 5. The number of halogens is 1. The Balaban J connectivity index is 1.63. The smallest absolute Gasteiger partial charge is 0.223 e. The van der Waals surface area contributed by atoms with E-state index in [2.05, 4.69) is 17.3 Å². The van der Waals surface area contributed by atoms with Crippen molar-refractivity contribution >= 4 is 17.5 Å². The van der Waals surface area contributed by atoms with E-state index in [0.29, 0.717) is 13.0 Å². The van der Waals surface area contributed by atoms with Gasteiger partial charge in [0.15, 0.2) is 0 Å². The van der Waals surface area contributed by atoms with Gasteiger partial charge in [-0.1, -0.05) is 23.7 Å². The van der Waals surface area contributed by atoms with Gasteiger partial charge in [0.25, 0.3) is 0 Å². The molecule has 1 N–H and O–H groups in total. The third-order valence-electron chi connectivity index (χ3n) is 3.61. The number of carbonyl (C=O) groups is 1. The second kappa shape index (κ2) is 7.62. The van der Waals surface area contributed by atoms with Crippen molar-refractivity contribution in [1.29, 1.82) is 0 Å². The van der Waals surface area contributed by atoms with Crippen molar-refractivity contribution in [1.82, 2.24) is 15.1 Å². The molecule has 1 aliphatic heterocycles. The van der Waals surface area contributed by atoms with Gasteiger partial charge in [0.2, 0.25) is 5.91 Å². The van der Waals surface area contributed by atoms with Crippen LogP contribution < -0.4 is 5.32 Å². The van der Waals surface area contributed by atoms with Gasteiger partial charge in [-0.2, -0.15) is 0 Å². The lowest BCUT2D eigenvalue weighted by molar-refractivity contribution is -0.132. The van der Waals surface area contributed by atoms with Crippen molar-refractivity contribution in [3.05, 3.63) is 34.9 Å². The van der Waals surface area contributed by atoms with E-state index < -0.39 is 0 Å². The topological polar surface area (TPSA) is 35.6 Å². The number of hydrogen-bond acceptors (Lipinski definition) is 3. The van der Waals surface area contributed by atoms with Gasteiger partial charge in [-0.05, 0) is 24.7 Å². The van der Waals surface area contributed by atoms with Crippen LogP contribution in [0.3, 0.4) is 0 Å². The summed E-state index contributed by atoms with van der Waals surface area (Å²) in [5, 5.41) is 4.05. The summed E-state index contributed by atoms with van der Waals surface area (Å²) in [5.41, 5.74) is 1.18. The van der Waals surface area contributed by atoms with Crippen LogP contribution in [0.1, 0.15) is 12.0 Å². The predicted octanol–water partition coefficient (Wildman–Crippen LogP) is 1.59. The molecule has 0 bridgehead atoms. The van der Waals surface area contributed by atoms with E-state index in [1.807, 2.05) is 29.2 Å². The number of nitrogens with zero attached hydrogens (tertiary/aromatic N) is 2. The second-order valence-corrected chi connectivity index (χ2v) is 5.67. The lowest BCUT2D eigenvalue weighted by Crippen LogP contribution is -2.47. The summed E-state index contributed by atoms with van der Waals surface area (Å²) in [6.45, 7) is 5.15. The first kappa shape index (κ1) is 15.3. The lowest BCUT2D eigenvalue weighted by atomic mass is 10.2. The summed E-state index contributed by atoms with van der Waals surface area (Å²) in [6, 6.07) is 7.76. The molecule has 1 aliphatic rings. The fourth-order valence-corrected chi connectivity index (χ4v) is 2.37. The Kier molecular flexibility index (Phi) is 5.83. The standard InChI is InChI=1S/C15H22ClN3O/c1-18-8-10-19(11-9-18)15(20)6-7-17-12-13-2-4-14(16)5-3-13/h2-5,17H,6-12H2,1H3. The van der Waals surface area contributed by atoms with Gasteiger partial charge >= 0.3 is 0 Å².